The molecule has 130 valence electrons. The Morgan fingerprint density at radius 2 is 2.04 bits per heavy atom. The van der Waals surface area contributed by atoms with Crippen molar-refractivity contribution < 1.29 is 4.21 Å². The van der Waals surface area contributed by atoms with Crippen LogP contribution in [0.25, 0.3) is 0 Å². The van der Waals surface area contributed by atoms with Crippen molar-refractivity contribution in [3.63, 3.8) is 0 Å². The van der Waals surface area contributed by atoms with E-state index in [1.165, 1.54) is 4.88 Å². The summed E-state index contributed by atoms with van der Waals surface area (Å²) in [5.74, 6) is 4.62. The zero-order valence-electron chi connectivity index (χ0n) is 13.1. The quantitative estimate of drug-likeness (QED) is 0.512. The molecule has 0 bridgehead atoms. The van der Waals surface area contributed by atoms with Crippen LogP contribution in [0.5, 0.6) is 0 Å². The first-order chi connectivity index (χ1) is 11.9. The number of anilines is 3. The Hall–Kier alpha value is -1.94. The van der Waals surface area contributed by atoms with Crippen molar-refractivity contribution in [3.05, 3.63) is 57.3 Å². The lowest BCUT2D eigenvalue weighted by Gasteiger charge is -2.10. The van der Waals surface area contributed by atoms with Crippen LogP contribution >= 0.6 is 27.3 Å². The van der Waals surface area contributed by atoms with Crippen LogP contribution in [0.3, 0.4) is 0 Å². The van der Waals surface area contributed by atoms with Gasteiger partial charge >= 0.3 is 0 Å². The lowest BCUT2D eigenvalue weighted by atomic mass is 10.3. The predicted molar refractivity (Wildman–Crippen MR) is 109 cm³/mol. The number of halogens is 1. The van der Waals surface area contributed by atoms with Crippen molar-refractivity contribution in [2.24, 2.45) is 5.14 Å². The van der Waals surface area contributed by atoms with Crippen molar-refractivity contribution >= 4 is 60.3 Å². The van der Waals surface area contributed by atoms with Gasteiger partial charge in [0, 0.05) is 21.7 Å². The minimum absolute atomic E-state index is 0.452. The fourth-order valence-electron chi connectivity index (χ4n) is 2.03. The molecule has 25 heavy (non-hydrogen) atoms. The first kappa shape index (κ1) is 17.9. The van der Waals surface area contributed by atoms with Gasteiger partial charge in [0.2, 0.25) is 5.95 Å². The zero-order valence-corrected chi connectivity index (χ0v) is 16.3. The molecule has 0 aliphatic carbocycles. The Labute approximate surface area is 158 Å². The predicted octanol–water partition coefficient (Wildman–Crippen LogP) is 3.61. The molecule has 0 amide bonds. The van der Waals surface area contributed by atoms with Gasteiger partial charge < -0.3 is 10.6 Å². The van der Waals surface area contributed by atoms with Gasteiger partial charge in [-0.15, -0.1) is 11.3 Å². The van der Waals surface area contributed by atoms with E-state index in [4.69, 9.17) is 5.14 Å². The number of benzene rings is 1. The molecule has 4 N–H and O–H groups in total. The van der Waals surface area contributed by atoms with Gasteiger partial charge in [-0.3, -0.25) is 5.14 Å². The molecule has 0 spiro atoms. The molecule has 9 heteroatoms. The van der Waals surface area contributed by atoms with Gasteiger partial charge in [0.25, 0.3) is 0 Å². The number of hydrogen-bond donors (Lipinski definition) is 3. The highest BCUT2D eigenvalue weighted by atomic mass is 79.9. The Kier molecular flexibility index (Phi) is 5.38. The zero-order chi connectivity index (χ0) is 17.9. The molecular weight excluding hydrogens is 422 g/mol. The highest BCUT2D eigenvalue weighted by molar-refractivity contribution is 9.10. The van der Waals surface area contributed by atoms with E-state index in [9.17, 15) is 4.21 Å². The van der Waals surface area contributed by atoms with Gasteiger partial charge in [0.15, 0.2) is 0 Å². The number of nitrogens with two attached hydrogens (primary N) is 1. The average Bonchev–Trinajstić information content (AvgIpc) is 3.08. The van der Waals surface area contributed by atoms with E-state index in [-0.39, 0.29) is 0 Å². The molecule has 3 aromatic rings. The van der Waals surface area contributed by atoms with Crippen LogP contribution < -0.4 is 15.8 Å². The molecule has 0 aliphatic rings. The van der Waals surface area contributed by atoms with Crippen molar-refractivity contribution in [2.45, 2.75) is 11.4 Å². The molecule has 0 saturated heterocycles. The molecule has 2 heterocycles. The van der Waals surface area contributed by atoms with Crippen molar-refractivity contribution in [1.29, 1.82) is 0 Å². The lowest BCUT2D eigenvalue weighted by molar-refractivity contribution is 0.682. The second-order valence-electron chi connectivity index (χ2n) is 5.20. The van der Waals surface area contributed by atoms with Gasteiger partial charge in [0.05, 0.1) is 20.7 Å². The molecular formula is C16H16BrN5OS2. The Balaban J connectivity index is 1.73. The van der Waals surface area contributed by atoms with E-state index >= 15 is 0 Å². The SMILES string of the molecule is C=S(N)(=O)c1ccc(Nc2ncc(Br)c(NCc3cccs3)n2)cc1. The highest BCUT2D eigenvalue weighted by Gasteiger charge is 2.07. The number of nitrogens with zero attached hydrogens (tertiary/aromatic N) is 2. The van der Waals surface area contributed by atoms with Crippen LogP contribution in [0, 0.1) is 0 Å². The molecule has 0 radical (unpaired) electrons. The summed E-state index contributed by atoms with van der Waals surface area (Å²) in [6, 6.07) is 10.9. The summed E-state index contributed by atoms with van der Waals surface area (Å²) in [5.41, 5.74) is 0.763. The van der Waals surface area contributed by atoms with Crippen LogP contribution in [0.15, 0.2) is 57.3 Å². The van der Waals surface area contributed by atoms with Crippen LogP contribution in [0.4, 0.5) is 17.5 Å². The minimum Gasteiger partial charge on any atom is -0.364 e. The van der Waals surface area contributed by atoms with E-state index in [2.05, 4.69) is 48.5 Å². The standard InChI is InChI=1S/C16H16BrN5OS2/c1-25(18,23)13-6-4-11(5-7-13)21-16-20-10-14(17)15(22-16)19-9-12-3-2-8-24-12/h2-8,10H,1,9H2,(H2,18,23)(H2,19,20,21,22). The summed E-state index contributed by atoms with van der Waals surface area (Å²) in [6.45, 7) is 0.690. The lowest BCUT2D eigenvalue weighted by Crippen LogP contribution is -2.11. The molecule has 0 saturated carbocycles. The summed E-state index contributed by atoms with van der Waals surface area (Å²) < 4.78 is 12.5. The average molecular weight is 438 g/mol. The van der Waals surface area contributed by atoms with Gasteiger partial charge in [-0.25, -0.2) is 9.19 Å². The Bertz CT molecular complexity index is 957. The van der Waals surface area contributed by atoms with E-state index < -0.39 is 9.71 Å². The molecule has 3 rings (SSSR count). The van der Waals surface area contributed by atoms with E-state index in [1.54, 1.807) is 41.8 Å². The van der Waals surface area contributed by atoms with Crippen molar-refractivity contribution in [3.8, 4) is 0 Å². The third kappa shape index (κ3) is 4.79. The first-order valence-electron chi connectivity index (χ1n) is 7.23. The molecule has 1 unspecified atom stereocenters. The summed E-state index contributed by atoms with van der Waals surface area (Å²) in [4.78, 5) is 10.4. The molecule has 0 aliphatic heterocycles. The third-order valence-electron chi connectivity index (χ3n) is 3.26. The summed E-state index contributed by atoms with van der Waals surface area (Å²) in [5, 5.41) is 14.0. The van der Waals surface area contributed by atoms with Gasteiger partial charge in [0.1, 0.15) is 5.82 Å². The van der Waals surface area contributed by atoms with E-state index in [0.717, 1.165) is 10.2 Å². The Morgan fingerprint density at radius 3 is 2.68 bits per heavy atom. The first-order valence-corrected chi connectivity index (χ1v) is 10.7. The second kappa shape index (κ2) is 7.52. The van der Waals surface area contributed by atoms with Gasteiger partial charge in [-0.05, 0) is 57.5 Å². The van der Waals surface area contributed by atoms with Crippen LogP contribution in [-0.2, 0) is 16.3 Å². The molecule has 1 aromatic carbocycles. The highest BCUT2D eigenvalue weighted by Crippen LogP contribution is 2.23. The van der Waals surface area contributed by atoms with Crippen LogP contribution in [0.1, 0.15) is 4.88 Å². The van der Waals surface area contributed by atoms with Crippen LogP contribution in [-0.4, -0.2) is 20.0 Å². The largest absolute Gasteiger partial charge is 0.364 e. The van der Waals surface area contributed by atoms with Gasteiger partial charge in [-0.2, -0.15) is 4.98 Å². The third-order valence-corrected chi connectivity index (χ3v) is 5.79. The topological polar surface area (TPSA) is 92.9 Å². The molecule has 6 nitrogen and oxygen atoms in total. The van der Waals surface area contributed by atoms with Crippen molar-refractivity contribution in [2.75, 3.05) is 10.6 Å². The van der Waals surface area contributed by atoms with Crippen LogP contribution in [0.2, 0.25) is 0 Å². The fraction of sp³-hybridized carbons (Fsp3) is 0.0625. The molecule has 2 aromatic heterocycles. The minimum atomic E-state index is -2.71. The second-order valence-corrected chi connectivity index (χ2v) is 9.01. The number of hydrogen-bond acceptors (Lipinski definition) is 6. The fourth-order valence-corrected chi connectivity index (χ4v) is 3.61. The molecule has 1 atom stereocenters. The number of aromatic nitrogens is 2. The summed E-state index contributed by atoms with van der Waals surface area (Å²) in [7, 11) is -2.71. The van der Waals surface area contributed by atoms with E-state index in [0.29, 0.717) is 23.2 Å². The number of nitrogens with one attached hydrogen (secondary N) is 2. The van der Waals surface area contributed by atoms with Crippen molar-refractivity contribution in [1.82, 2.24) is 9.97 Å². The van der Waals surface area contributed by atoms with Gasteiger partial charge in [-0.1, -0.05) is 6.07 Å². The number of rotatable bonds is 6. The summed E-state index contributed by atoms with van der Waals surface area (Å²) >= 11 is 5.13. The monoisotopic (exact) mass is 437 g/mol. The smallest absolute Gasteiger partial charge is 0.229 e. The maximum absolute atomic E-state index is 11.7. The normalized spacial score (nSPS) is 13.2. The maximum atomic E-state index is 11.7. The maximum Gasteiger partial charge on any atom is 0.229 e. The summed E-state index contributed by atoms with van der Waals surface area (Å²) in [6.07, 6.45) is 1.68. The van der Waals surface area contributed by atoms with E-state index in [1.807, 2.05) is 11.4 Å². The number of thiophene rings is 1. The molecule has 0 fully saturated rings. The Morgan fingerprint density at radius 1 is 1.28 bits per heavy atom.